The first-order chi connectivity index (χ1) is 16.0. The van der Waals surface area contributed by atoms with Crippen molar-refractivity contribution in [1.82, 2.24) is 9.21 Å². The van der Waals surface area contributed by atoms with Gasteiger partial charge in [-0.2, -0.15) is 4.31 Å². The molecule has 2 aliphatic heterocycles. The van der Waals surface area contributed by atoms with Crippen molar-refractivity contribution in [2.24, 2.45) is 11.8 Å². The third-order valence-corrected chi connectivity index (χ3v) is 9.16. The molecule has 3 rings (SSSR count). The van der Waals surface area contributed by atoms with Crippen molar-refractivity contribution in [3.05, 3.63) is 29.8 Å². The van der Waals surface area contributed by atoms with E-state index in [2.05, 4.69) is 13.8 Å². The third-order valence-electron chi connectivity index (χ3n) is 7.25. The second-order valence-corrected chi connectivity index (χ2v) is 13.4. The van der Waals surface area contributed by atoms with Crippen molar-refractivity contribution in [1.29, 1.82) is 0 Å². The fraction of sp³-hybridized carbons (Fsp3) is 0.741. The maximum absolute atomic E-state index is 13.0. The summed E-state index contributed by atoms with van der Waals surface area (Å²) in [5, 5.41) is 0. The fourth-order valence-electron chi connectivity index (χ4n) is 5.04. The molecule has 0 bridgehead atoms. The van der Waals surface area contributed by atoms with Crippen LogP contribution < -0.4 is 0 Å². The van der Waals surface area contributed by atoms with E-state index < -0.39 is 15.6 Å². The van der Waals surface area contributed by atoms with Gasteiger partial charge < -0.3 is 9.64 Å². The minimum atomic E-state index is -3.40. The first-order valence-electron chi connectivity index (χ1n) is 13.0. The van der Waals surface area contributed by atoms with Gasteiger partial charge in [-0.1, -0.05) is 45.2 Å². The van der Waals surface area contributed by atoms with E-state index in [9.17, 15) is 13.2 Å². The molecule has 0 unspecified atom stereocenters. The minimum absolute atomic E-state index is 0.191. The van der Waals surface area contributed by atoms with Crippen LogP contribution >= 0.6 is 0 Å². The standard InChI is InChI=1S/C27H44N2O4S/c1-21(2)24-9-11-25(12-10-24)34(31,32)29-19-15-23(16-20-29)8-6-7-22-13-17-28(18-14-22)26(30)33-27(3,4)5/h9-12,21-23H,6-8,13-20H2,1-5H3. The van der Waals surface area contributed by atoms with E-state index in [0.29, 0.717) is 35.7 Å². The average Bonchev–Trinajstić information content (AvgIpc) is 2.79. The molecule has 1 aromatic rings. The number of nitrogens with zero attached hydrogens (tertiary/aromatic N) is 2. The van der Waals surface area contributed by atoms with E-state index >= 15 is 0 Å². The number of carbonyl (C=O) groups is 1. The van der Waals surface area contributed by atoms with E-state index in [1.807, 2.05) is 37.8 Å². The van der Waals surface area contributed by atoms with Crippen LogP contribution in [0, 0.1) is 11.8 Å². The smallest absolute Gasteiger partial charge is 0.410 e. The van der Waals surface area contributed by atoms with Gasteiger partial charge in [0.15, 0.2) is 0 Å². The monoisotopic (exact) mass is 492 g/mol. The van der Waals surface area contributed by atoms with Gasteiger partial charge in [0.2, 0.25) is 10.0 Å². The molecule has 0 atom stereocenters. The fourth-order valence-corrected chi connectivity index (χ4v) is 6.51. The summed E-state index contributed by atoms with van der Waals surface area (Å²) in [6.45, 7) is 12.7. The van der Waals surface area contributed by atoms with Crippen LogP contribution in [-0.2, 0) is 14.8 Å². The van der Waals surface area contributed by atoms with Crippen molar-refractivity contribution < 1.29 is 17.9 Å². The Hall–Kier alpha value is -1.60. The second kappa shape index (κ2) is 11.4. The molecule has 0 aromatic heterocycles. The predicted octanol–water partition coefficient (Wildman–Crippen LogP) is 6.03. The normalized spacial score (nSPS) is 19.5. The quantitative estimate of drug-likeness (QED) is 0.466. The average molecular weight is 493 g/mol. The Kier molecular flexibility index (Phi) is 9.07. The Bertz CT molecular complexity index is 890. The molecule has 34 heavy (non-hydrogen) atoms. The highest BCUT2D eigenvalue weighted by Crippen LogP contribution is 2.30. The number of amides is 1. The highest BCUT2D eigenvalue weighted by molar-refractivity contribution is 7.89. The summed E-state index contributed by atoms with van der Waals surface area (Å²) < 4.78 is 33.2. The predicted molar refractivity (Wildman–Crippen MR) is 136 cm³/mol. The zero-order chi connectivity index (χ0) is 24.9. The lowest BCUT2D eigenvalue weighted by Gasteiger charge is -2.34. The Morgan fingerprint density at radius 2 is 1.44 bits per heavy atom. The van der Waals surface area contributed by atoms with Gasteiger partial charge in [-0.15, -0.1) is 0 Å². The van der Waals surface area contributed by atoms with E-state index in [0.717, 1.165) is 44.3 Å². The Balaban J connectivity index is 1.36. The van der Waals surface area contributed by atoms with Crippen molar-refractivity contribution in [3.8, 4) is 0 Å². The van der Waals surface area contributed by atoms with Gasteiger partial charge in [-0.25, -0.2) is 13.2 Å². The van der Waals surface area contributed by atoms with Gasteiger partial charge in [0.1, 0.15) is 5.60 Å². The largest absolute Gasteiger partial charge is 0.444 e. The Labute approximate surface area is 207 Å². The van der Waals surface area contributed by atoms with Crippen LogP contribution in [0.2, 0.25) is 0 Å². The minimum Gasteiger partial charge on any atom is -0.444 e. The lowest BCUT2D eigenvalue weighted by atomic mass is 9.87. The molecule has 2 heterocycles. The van der Waals surface area contributed by atoms with E-state index in [1.165, 1.54) is 19.3 Å². The molecule has 2 aliphatic rings. The van der Waals surface area contributed by atoms with Crippen LogP contribution in [0.15, 0.2) is 29.2 Å². The van der Waals surface area contributed by atoms with Crippen molar-refractivity contribution in [2.45, 2.75) is 96.0 Å². The van der Waals surface area contributed by atoms with Gasteiger partial charge in [0.25, 0.3) is 0 Å². The molecule has 2 fully saturated rings. The van der Waals surface area contributed by atoms with Gasteiger partial charge in [0.05, 0.1) is 4.90 Å². The van der Waals surface area contributed by atoms with E-state index in [1.54, 1.807) is 16.4 Å². The summed E-state index contributed by atoms with van der Waals surface area (Å²) >= 11 is 0. The molecule has 0 saturated carbocycles. The summed E-state index contributed by atoms with van der Waals surface area (Å²) in [7, 11) is -3.40. The number of ether oxygens (including phenoxy) is 1. The lowest BCUT2D eigenvalue weighted by molar-refractivity contribution is 0.0180. The molecular formula is C27H44N2O4S. The number of hydrogen-bond acceptors (Lipinski definition) is 4. The maximum atomic E-state index is 13.0. The molecule has 0 N–H and O–H groups in total. The van der Waals surface area contributed by atoms with Crippen LogP contribution in [0.5, 0.6) is 0 Å². The van der Waals surface area contributed by atoms with Gasteiger partial charge in [0, 0.05) is 26.2 Å². The maximum Gasteiger partial charge on any atom is 0.410 e. The molecular weight excluding hydrogens is 448 g/mol. The van der Waals surface area contributed by atoms with Crippen molar-refractivity contribution in [3.63, 3.8) is 0 Å². The lowest BCUT2D eigenvalue weighted by Crippen LogP contribution is -2.41. The number of hydrogen-bond donors (Lipinski definition) is 0. The highest BCUT2D eigenvalue weighted by atomic mass is 32.2. The summed E-state index contributed by atoms with van der Waals surface area (Å²) in [4.78, 5) is 14.5. The molecule has 6 nitrogen and oxygen atoms in total. The number of rotatable bonds is 7. The van der Waals surface area contributed by atoms with Crippen molar-refractivity contribution >= 4 is 16.1 Å². The van der Waals surface area contributed by atoms with E-state index in [-0.39, 0.29) is 6.09 Å². The topological polar surface area (TPSA) is 66.9 Å². The van der Waals surface area contributed by atoms with Crippen LogP contribution in [0.1, 0.15) is 91.0 Å². The summed E-state index contributed by atoms with van der Waals surface area (Å²) in [6, 6.07) is 7.38. The molecule has 1 aromatic carbocycles. The van der Waals surface area contributed by atoms with Gasteiger partial charge >= 0.3 is 6.09 Å². The van der Waals surface area contributed by atoms with Crippen molar-refractivity contribution in [2.75, 3.05) is 26.2 Å². The number of sulfonamides is 1. The zero-order valence-corrected chi connectivity index (χ0v) is 22.6. The third kappa shape index (κ3) is 7.45. The molecule has 192 valence electrons. The SMILES string of the molecule is CC(C)c1ccc(S(=O)(=O)N2CCC(CCCC3CCN(C(=O)OC(C)(C)C)CC3)CC2)cc1. The molecule has 0 spiro atoms. The number of benzene rings is 1. The van der Waals surface area contributed by atoms with Crippen LogP contribution in [-0.4, -0.2) is 55.5 Å². The van der Waals surface area contributed by atoms with Gasteiger partial charge in [-0.05, 0) is 81.9 Å². The van der Waals surface area contributed by atoms with Crippen LogP contribution in [0.4, 0.5) is 4.79 Å². The molecule has 2 saturated heterocycles. The van der Waals surface area contributed by atoms with Crippen LogP contribution in [0.3, 0.4) is 0 Å². The molecule has 7 heteroatoms. The van der Waals surface area contributed by atoms with Crippen LogP contribution in [0.25, 0.3) is 0 Å². The Morgan fingerprint density at radius 1 is 0.941 bits per heavy atom. The first-order valence-corrected chi connectivity index (χ1v) is 14.5. The number of likely N-dealkylation sites (tertiary alicyclic amines) is 1. The second-order valence-electron chi connectivity index (χ2n) is 11.4. The zero-order valence-electron chi connectivity index (χ0n) is 21.8. The molecule has 0 radical (unpaired) electrons. The summed E-state index contributed by atoms with van der Waals surface area (Å²) in [5.74, 6) is 1.68. The summed E-state index contributed by atoms with van der Waals surface area (Å²) in [6.07, 6.45) is 7.35. The van der Waals surface area contributed by atoms with Gasteiger partial charge in [-0.3, -0.25) is 0 Å². The number of piperidine rings is 2. The number of carbonyl (C=O) groups excluding carboxylic acids is 1. The molecule has 1 amide bonds. The Morgan fingerprint density at radius 3 is 1.91 bits per heavy atom. The molecule has 0 aliphatic carbocycles. The first kappa shape index (κ1) is 27.0. The summed E-state index contributed by atoms with van der Waals surface area (Å²) in [5.41, 5.74) is 0.717. The highest BCUT2D eigenvalue weighted by Gasteiger charge is 2.30. The van der Waals surface area contributed by atoms with E-state index in [4.69, 9.17) is 4.74 Å².